The molecule has 1 aliphatic heterocycles. The molecular weight excluding hydrogens is 444 g/mol. The molecule has 0 radical (unpaired) electrons. The van der Waals surface area contributed by atoms with Crippen LogP contribution in [0.25, 0.3) is 11.1 Å². The summed E-state index contributed by atoms with van der Waals surface area (Å²) in [5.74, 6) is -0.907. The number of ether oxygens (including phenoxy) is 1. The molecule has 1 saturated carbocycles. The maximum atomic E-state index is 13.4. The Morgan fingerprint density at radius 1 is 0.971 bits per heavy atom. The minimum Gasteiger partial charge on any atom is -0.481 e. The zero-order valence-electron chi connectivity index (χ0n) is 20.1. The van der Waals surface area contributed by atoms with Crippen molar-refractivity contribution in [3.8, 4) is 11.1 Å². The predicted molar refractivity (Wildman–Crippen MR) is 131 cm³/mol. The Balaban J connectivity index is 1.21. The molecular formula is C28H32N2O5. The van der Waals surface area contributed by atoms with Crippen LogP contribution in [0.1, 0.15) is 56.1 Å². The molecule has 0 atom stereocenters. The van der Waals surface area contributed by atoms with Crippen molar-refractivity contribution in [3.05, 3.63) is 59.7 Å². The Labute approximate surface area is 205 Å². The van der Waals surface area contributed by atoms with Gasteiger partial charge in [0.15, 0.2) is 0 Å². The first kappa shape index (κ1) is 23.4. The summed E-state index contributed by atoms with van der Waals surface area (Å²) in [6.45, 7) is 2.77. The van der Waals surface area contributed by atoms with Crippen LogP contribution in [0.4, 0.5) is 4.79 Å². The number of alkyl carbamates (subject to hydrolysis) is 1. The van der Waals surface area contributed by atoms with E-state index in [9.17, 15) is 19.5 Å². The average Bonchev–Trinajstić information content (AvgIpc) is 3.45. The van der Waals surface area contributed by atoms with Crippen molar-refractivity contribution in [2.45, 2.75) is 44.9 Å². The number of carbonyl (C=O) groups is 3. The number of carboxylic acid groups (broad SMARTS) is 1. The lowest BCUT2D eigenvalue weighted by Gasteiger charge is -2.49. The first-order valence-electron chi connectivity index (χ1n) is 12.5. The second-order valence-electron chi connectivity index (χ2n) is 10.3. The molecule has 7 heteroatoms. The number of fused-ring (bicyclic) bond motifs is 3. The first-order chi connectivity index (χ1) is 16.9. The smallest absolute Gasteiger partial charge is 0.407 e. The molecule has 0 unspecified atom stereocenters. The van der Waals surface area contributed by atoms with E-state index in [0.717, 1.165) is 24.0 Å². The second kappa shape index (κ2) is 9.02. The van der Waals surface area contributed by atoms with E-state index in [1.54, 1.807) is 4.90 Å². The number of hydrogen-bond donors (Lipinski definition) is 2. The van der Waals surface area contributed by atoms with Crippen LogP contribution in [0.3, 0.4) is 0 Å². The van der Waals surface area contributed by atoms with Crippen molar-refractivity contribution in [2.75, 3.05) is 26.2 Å². The van der Waals surface area contributed by atoms with Gasteiger partial charge in [-0.3, -0.25) is 9.59 Å². The summed E-state index contributed by atoms with van der Waals surface area (Å²) in [5, 5.41) is 12.4. The molecule has 2 aromatic rings. The fourth-order valence-electron chi connectivity index (χ4n) is 6.08. The van der Waals surface area contributed by atoms with Gasteiger partial charge in [-0.15, -0.1) is 0 Å². The van der Waals surface area contributed by atoms with Crippen LogP contribution in [0, 0.1) is 10.8 Å². The first-order valence-corrected chi connectivity index (χ1v) is 12.5. The standard InChI is InChI=1S/C28H32N2O5/c1-2-27(25(32)33)17-30(18-27)24(31)28(13-7-8-14-28)16-29-26(34)35-15-23-21-11-5-3-9-19(21)20-10-4-6-12-22(20)23/h3-6,9-12,23H,2,7-8,13-18H2,1H3,(H,29,34)(H,32,33). The van der Waals surface area contributed by atoms with Crippen LogP contribution < -0.4 is 5.32 Å². The van der Waals surface area contributed by atoms with Gasteiger partial charge in [0.05, 0.1) is 5.41 Å². The Kier molecular flexibility index (Phi) is 6.03. The lowest BCUT2D eigenvalue weighted by molar-refractivity contribution is -0.170. The molecule has 3 aliphatic rings. The van der Waals surface area contributed by atoms with Gasteiger partial charge in [-0.1, -0.05) is 68.3 Å². The Hall–Kier alpha value is -3.35. The fourth-order valence-corrected chi connectivity index (χ4v) is 6.08. The van der Waals surface area contributed by atoms with Crippen molar-refractivity contribution in [3.63, 3.8) is 0 Å². The monoisotopic (exact) mass is 476 g/mol. The highest BCUT2D eigenvalue weighted by atomic mass is 16.5. The highest BCUT2D eigenvalue weighted by Gasteiger charge is 2.54. The summed E-state index contributed by atoms with van der Waals surface area (Å²) in [5.41, 5.74) is 3.14. The second-order valence-corrected chi connectivity index (χ2v) is 10.3. The van der Waals surface area contributed by atoms with Crippen LogP contribution >= 0.6 is 0 Å². The third-order valence-corrected chi connectivity index (χ3v) is 8.33. The SMILES string of the molecule is CCC1(C(=O)O)CN(C(=O)C2(CNC(=O)OCC3c4ccccc4-c4ccccc43)CCCC2)C1. The lowest BCUT2D eigenvalue weighted by atomic mass is 9.74. The molecule has 5 rings (SSSR count). The topological polar surface area (TPSA) is 95.9 Å². The van der Waals surface area contributed by atoms with Gasteiger partial charge in [0.25, 0.3) is 0 Å². The zero-order chi connectivity index (χ0) is 24.6. The number of carboxylic acids is 1. The molecule has 2 aromatic carbocycles. The molecule has 7 nitrogen and oxygen atoms in total. The average molecular weight is 477 g/mol. The van der Waals surface area contributed by atoms with E-state index in [2.05, 4.69) is 29.6 Å². The highest BCUT2D eigenvalue weighted by molar-refractivity contribution is 5.88. The normalized spacial score (nSPS) is 19.4. The van der Waals surface area contributed by atoms with Crippen LogP contribution in [0.2, 0.25) is 0 Å². The number of likely N-dealkylation sites (tertiary alicyclic amines) is 1. The number of carbonyl (C=O) groups excluding carboxylic acids is 2. The third-order valence-electron chi connectivity index (χ3n) is 8.33. The number of benzene rings is 2. The van der Waals surface area contributed by atoms with E-state index in [4.69, 9.17) is 4.74 Å². The van der Waals surface area contributed by atoms with Gasteiger partial charge >= 0.3 is 12.1 Å². The number of nitrogens with one attached hydrogen (secondary N) is 1. The summed E-state index contributed by atoms with van der Waals surface area (Å²) in [7, 11) is 0. The number of amides is 2. The van der Waals surface area contributed by atoms with E-state index in [1.165, 1.54) is 11.1 Å². The minimum atomic E-state index is -0.846. The van der Waals surface area contributed by atoms with Crippen molar-refractivity contribution < 1.29 is 24.2 Å². The van der Waals surface area contributed by atoms with Crippen LogP contribution in [0.15, 0.2) is 48.5 Å². The predicted octanol–water partition coefficient (Wildman–Crippen LogP) is 4.41. The Morgan fingerprint density at radius 2 is 1.54 bits per heavy atom. The molecule has 0 aromatic heterocycles. The van der Waals surface area contributed by atoms with Gasteiger partial charge in [0, 0.05) is 25.6 Å². The van der Waals surface area contributed by atoms with Gasteiger partial charge in [-0.05, 0) is 41.5 Å². The summed E-state index contributed by atoms with van der Waals surface area (Å²) >= 11 is 0. The summed E-state index contributed by atoms with van der Waals surface area (Å²) in [4.78, 5) is 39.4. The molecule has 184 valence electrons. The van der Waals surface area contributed by atoms with Gasteiger partial charge in [-0.25, -0.2) is 4.79 Å². The van der Waals surface area contributed by atoms with Gasteiger partial charge in [-0.2, -0.15) is 0 Å². The van der Waals surface area contributed by atoms with E-state index < -0.39 is 22.9 Å². The quantitative estimate of drug-likeness (QED) is 0.617. The molecule has 2 amide bonds. The third kappa shape index (κ3) is 3.97. The molecule has 35 heavy (non-hydrogen) atoms. The van der Waals surface area contributed by atoms with Crippen molar-refractivity contribution in [2.24, 2.45) is 10.8 Å². The Bertz CT molecular complexity index is 1100. The van der Waals surface area contributed by atoms with Gasteiger partial charge in [0.2, 0.25) is 5.91 Å². The number of nitrogens with zero attached hydrogens (tertiary/aromatic N) is 1. The van der Waals surface area contributed by atoms with Crippen LogP contribution in [-0.4, -0.2) is 54.2 Å². The highest BCUT2D eigenvalue weighted by Crippen LogP contribution is 2.45. The zero-order valence-corrected chi connectivity index (χ0v) is 20.1. The molecule has 1 saturated heterocycles. The number of rotatable bonds is 7. The van der Waals surface area contributed by atoms with Gasteiger partial charge in [0.1, 0.15) is 12.0 Å². The molecule has 2 aliphatic carbocycles. The van der Waals surface area contributed by atoms with E-state index >= 15 is 0 Å². The maximum Gasteiger partial charge on any atom is 0.407 e. The van der Waals surface area contributed by atoms with E-state index in [1.807, 2.05) is 31.2 Å². The minimum absolute atomic E-state index is 0.0190. The molecule has 2 fully saturated rings. The summed E-state index contributed by atoms with van der Waals surface area (Å²) in [6.07, 6.45) is 3.20. The molecule has 0 bridgehead atoms. The van der Waals surface area contributed by atoms with Crippen molar-refractivity contribution >= 4 is 18.0 Å². The maximum absolute atomic E-state index is 13.4. The molecule has 2 N–H and O–H groups in total. The Morgan fingerprint density at radius 3 is 2.09 bits per heavy atom. The molecule has 1 heterocycles. The molecule has 0 spiro atoms. The van der Waals surface area contributed by atoms with E-state index in [-0.39, 0.29) is 38.1 Å². The summed E-state index contributed by atoms with van der Waals surface area (Å²) < 4.78 is 5.65. The van der Waals surface area contributed by atoms with Crippen molar-refractivity contribution in [1.82, 2.24) is 10.2 Å². The number of hydrogen-bond acceptors (Lipinski definition) is 4. The van der Waals surface area contributed by atoms with E-state index in [0.29, 0.717) is 19.3 Å². The largest absolute Gasteiger partial charge is 0.481 e. The van der Waals surface area contributed by atoms with Crippen LogP contribution in [-0.2, 0) is 14.3 Å². The van der Waals surface area contributed by atoms with Gasteiger partial charge < -0.3 is 20.1 Å². The number of aliphatic carboxylic acids is 1. The lowest BCUT2D eigenvalue weighted by Crippen LogP contribution is -2.65. The van der Waals surface area contributed by atoms with Crippen LogP contribution in [0.5, 0.6) is 0 Å². The van der Waals surface area contributed by atoms with Crippen molar-refractivity contribution in [1.29, 1.82) is 0 Å². The fraction of sp³-hybridized carbons (Fsp3) is 0.464. The summed E-state index contributed by atoms with van der Waals surface area (Å²) in [6, 6.07) is 16.4.